The zero-order valence-electron chi connectivity index (χ0n) is 9.05. The highest BCUT2D eigenvalue weighted by molar-refractivity contribution is 6.07. The number of para-hydroxylation sites is 1. The van der Waals surface area contributed by atoms with Crippen molar-refractivity contribution in [2.45, 2.75) is 5.60 Å². The number of carbonyl (C=O) groups excluding carboxylic acids is 1. The van der Waals surface area contributed by atoms with E-state index in [1.54, 1.807) is 25.3 Å². The third kappa shape index (κ3) is 1.29. The topological polar surface area (TPSA) is 40.5 Å². The third-order valence-corrected chi connectivity index (χ3v) is 2.78. The summed E-state index contributed by atoms with van der Waals surface area (Å²) in [5, 5.41) is 10.4. The molecular weight excluding hydrogens is 202 g/mol. The number of fused-ring (bicyclic) bond motifs is 1. The van der Waals surface area contributed by atoms with Crippen LogP contribution in [-0.4, -0.2) is 18.1 Å². The standard InChI is InChI=1S/C13H13NO2/c1-3-4-9-13(16)10-7-5-6-8-11(10)14(2)12(13)15/h3-9,16H,1H2,2H3/b9-4+. The Balaban J connectivity index is 2.60. The van der Waals surface area contributed by atoms with Crippen LogP contribution in [0.5, 0.6) is 0 Å². The van der Waals surface area contributed by atoms with E-state index in [-0.39, 0.29) is 5.91 Å². The van der Waals surface area contributed by atoms with Gasteiger partial charge in [-0.2, -0.15) is 0 Å². The molecule has 0 saturated heterocycles. The molecule has 0 radical (unpaired) electrons. The van der Waals surface area contributed by atoms with Crippen LogP contribution >= 0.6 is 0 Å². The van der Waals surface area contributed by atoms with E-state index >= 15 is 0 Å². The van der Waals surface area contributed by atoms with Crippen LogP contribution in [0.2, 0.25) is 0 Å². The Morgan fingerprint density at radius 1 is 1.44 bits per heavy atom. The molecule has 82 valence electrons. The van der Waals surface area contributed by atoms with Gasteiger partial charge in [-0.3, -0.25) is 4.79 Å². The van der Waals surface area contributed by atoms with Crippen molar-refractivity contribution in [3.05, 3.63) is 54.6 Å². The highest BCUT2D eigenvalue weighted by atomic mass is 16.3. The average Bonchev–Trinajstić information content (AvgIpc) is 2.51. The van der Waals surface area contributed by atoms with E-state index in [0.717, 1.165) is 5.69 Å². The number of benzene rings is 1. The average molecular weight is 215 g/mol. The monoisotopic (exact) mass is 215 g/mol. The quantitative estimate of drug-likeness (QED) is 0.761. The molecule has 0 saturated carbocycles. The number of allylic oxidation sites excluding steroid dienone is 2. The second-order valence-corrected chi connectivity index (χ2v) is 3.74. The van der Waals surface area contributed by atoms with Gasteiger partial charge >= 0.3 is 0 Å². The molecule has 1 amide bonds. The number of aliphatic hydroxyl groups is 1. The number of likely N-dealkylation sites (N-methyl/N-ethyl adjacent to an activating group) is 1. The summed E-state index contributed by atoms with van der Waals surface area (Å²) in [5.41, 5.74) is -0.205. The zero-order valence-corrected chi connectivity index (χ0v) is 9.05. The summed E-state index contributed by atoms with van der Waals surface area (Å²) in [7, 11) is 1.65. The Bertz CT molecular complexity index is 479. The van der Waals surface area contributed by atoms with Gasteiger partial charge in [-0.25, -0.2) is 0 Å². The van der Waals surface area contributed by atoms with Crippen molar-refractivity contribution in [1.82, 2.24) is 0 Å². The second-order valence-electron chi connectivity index (χ2n) is 3.74. The lowest BCUT2D eigenvalue weighted by molar-refractivity contribution is -0.131. The normalized spacial score (nSPS) is 23.9. The van der Waals surface area contributed by atoms with Gasteiger partial charge in [-0.05, 0) is 12.1 Å². The molecule has 1 unspecified atom stereocenters. The first kappa shape index (κ1) is 10.6. The van der Waals surface area contributed by atoms with Gasteiger partial charge < -0.3 is 10.0 Å². The molecule has 2 rings (SSSR count). The molecule has 0 aliphatic carbocycles. The first-order chi connectivity index (χ1) is 7.61. The molecule has 0 bridgehead atoms. The fourth-order valence-corrected chi connectivity index (χ4v) is 1.94. The summed E-state index contributed by atoms with van der Waals surface area (Å²) in [6, 6.07) is 7.21. The van der Waals surface area contributed by atoms with Gasteiger partial charge in [0.2, 0.25) is 0 Å². The van der Waals surface area contributed by atoms with Gasteiger partial charge in [-0.15, -0.1) is 0 Å². The van der Waals surface area contributed by atoms with Crippen LogP contribution < -0.4 is 4.90 Å². The third-order valence-electron chi connectivity index (χ3n) is 2.78. The zero-order chi connectivity index (χ0) is 11.8. The van der Waals surface area contributed by atoms with Crippen molar-refractivity contribution < 1.29 is 9.90 Å². The van der Waals surface area contributed by atoms with E-state index in [4.69, 9.17) is 0 Å². The summed E-state index contributed by atoms with van der Waals surface area (Å²) >= 11 is 0. The molecule has 1 aromatic carbocycles. The van der Waals surface area contributed by atoms with Crippen LogP contribution in [0.3, 0.4) is 0 Å². The fraction of sp³-hybridized carbons (Fsp3) is 0.154. The predicted octanol–water partition coefficient (Wildman–Crippen LogP) is 1.59. The van der Waals surface area contributed by atoms with Gasteiger partial charge in [0.1, 0.15) is 0 Å². The molecule has 1 aromatic rings. The van der Waals surface area contributed by atoms with E-state index in [1.807, 2.05) is 12.1 Å². The maximum absolute atomic E-state index is 12.0. The van der Waals surface area contributed by atoms with Crippen molar-refractivity contribution in [3.63, 3.8) is 0 Å². The highest BCUT2D eigenvalue weighted by Crippen LogP contribution is 2.39. The molecule has 3 nitrogen and oxygen atoms in total. The number of rotatable bonds is 2. The van der Waals surface area contributed by atoms with Crippen LogP contribution in [0.1, 0.15) is 5.56 Å². The van der Waals surface area contributed by atoms with Gasteiger partial charge in [-0.1, -0.05) is 36.9 Å². The van der Waals surface area contributed by atoms with E-state index in [2.05, 4.69) is 6.58 Å². The van der Waals surface area contributed by atoms with Crippen LogP contribution in [0.25, 0.3) is 0 Å². The Kier molecular flexibility index (Phi) is 2.40. The first-order valence-corrected chi connectivity index (χ1v) is 5.01. The van der Waals surface area contributed by atoms with Crippen LogP contribution in [-0.2, 0) is 10.4 Å². The van der Waals surface area contributed by atoms with Crippen molar-refractivity contribution in [2.75, 3.05) is 11.9 Å². The minimum absolute atomic E-state index is 0.341. The smallest absolute Gasteiger partial charge is 0.267 e. The largest absolute Gasteiger partial charge is 0.372 e. The lowest BCUT2D eigenvalue weighted by atomic mass is 9.95. The van der Waals surface area contributed by atoms with Gasteiger partial charge in [0.15, 0.2) is 5.60 Å². The fourth-order valence-electron chi connectivity index (χ4n) is 1.94. The van der Waals surface area contributed by atoms with Crippen LogP contribution in [0.15, 0.2) is 49.1 Å². The van der Waals surface area contributed by atoms with E-state index in [0.29, 0.717) is 5.56 Å². The summed E-state index contributed by atoms with van der Waals surface area (Å²) in [5.74, 6) is -0.341. The molecule has 3 heteroatoms. The Labute approximate surface area is 94.3 Å². The molecule has 1 aliphatic rings. The SMILES string of the molecule is C=C/C=C/C1(O)C(=O)N(C)c2ccccc21. The van der Waals surface area contributed by atoms with E-state index in [9.17, 15) is 9.90 Å². The Morgan fingerprint density at radius 3 is 2.81 bits per heavy atom. The maximum atomic E-state index is 12.0. The van der Waals surface area contributed by atoms with Gasteiger partial charge in [0.25, 0.3) is 5.91 Å². The molecule has 16 heavy (non-hydrogen) atoms. The Hall–Kier alpha value is -1.87. The molecule has 1 aliphatic heterocycles. The van der Waals surface area contributed by atoms with Crippen LogP contribution in [0.4, 0.5) is 5.69 Å². The number of anilines is 1. The van der Waals surface area contributed by atoms with Gasteiger partial charge in [0, 0.05) is 12.6 Å². The Morgan fingerprint density at radius 2 is 2.12 bits per heavy atom. The predicted molar refractivity (Wildman–Crippen MR) is 63.1 cm³/mol. The summed E-state index contributed by atoms with van der Waals surface area (Å²) < 4.78 is 0. The van der Waals surface area contributed by atoms with E-state index < -0.39 is 5.60 Å². The molecule has 0 aromatic heterocycles. The minimum Gasteiger partial charge on any atom is -0.372 e. The van der Waals surface area contributed by atoms with Crippen molar-refractivity contribution in [3.8, 4) is 0 Å². The summed E-state index contributed by atoms with van der Waals surface area (Å²) in [6.07, 6.45) is 4.57. The molecular formula is C13H13NO2. The molecule has 1 atom stereocenters. The lowest BCUT2D eigenvalue weighted by Crippen LogP contribution is -2.36. The van der Waals surface area contributed by atoms with Crippen molar-refractivity contribution in [2.24, 2.45) is 0 Å². The minimum atomic E-state index is -1.56. The van der Waals surface area contributed by atoms with E-state index in [1.165, 1.54) is 17.1 Å². The highest BCUT2D eigenvalue weighted by Gasteiger charge is 2.46. The summed E-state index contributed by atoms with van der Waals surface area (Å²) in [6.45, 7) is 3.53. The number of nitrogens with zero attached hydrogens (tertiary/aromatic N) is 1. The number of amides is 1. The molecule has 0 spiro atoms. The maximum Gasteiger partial charge on any atom is 0.267 e. The van der Waals surface area contributed by atoms with Crippen molar-refractivity contribution >= 4 is 11.6 Å². The molecule has 0 fully saturated rings. The van der Waals surface area contributed by atoms with Gasteiger partial charge in [0.05, 0.1) is 5.69 Å². The second kappa shape index (κ2) is 3.61. The molecule has 1 heterocycles. The number of hydrogen-bond acceptors (Lipinski definition) is 2. The number of carbonyl (C=O) groups is 1. The number of hydrogen-bond donors (Lipinski definition) is 1. The van der Waals surface area contributed by atoms with Crippen LogP contribution in [0, 0.1) is 0 Å². The summed E-state index contributed by atoms with van der Waals surface area (Å²) in [4.78, 5) is 13.4. The van der Waals surface area contributed by atoms with Crippen molar-refractivity contribution in [1.29, 1.82) is 0 Å². The lowest BCUT2D eigenvalue weighted by Gasteiger charge is -2.16. The molecule has 1 N–H and O–H groups in total. The first-order valence-electron chi connectivity index (χ1n) is 5.01.